The summed E-state index contributed by atoms with van der Waals surface area (Å²) in [4.78, 5) is 19.4. The van der Waals surface area contributed by atoms with Gasteiger partial charge in [-0.05, 0) is 57.5 Å². The lowest BCUT2D eigenvalue weighted by atomic mass is 9.86. The number of carbonyl (C=O) groups is 1. The fourth-order valence-electron chi connectivity index (χ4n) is 4.46. The fraction of sp³-hybridized carbons (Fsp3) is 0.409. The van der Waals surface area contributed by atoms with Crippen LogP contribution in [0.3, 0.4) is 0 Å². The number of pyridine rings is 1. The molecule has 1 amide bonds. The van der Waals surface area contributed by atoms with Gasteiger partial charge in [-0.3, -0.25) is 9.89 Å². The summed E-state index contributed by atoms with van der Waals surface area (Å²) in [5.41, 5.74) is 3.42. The number of fused-ring (bicyclic) bond motifs is 1. The number of aromatic nitrogens is 3. The summed E-state index contributed by atoms with van der Waals surface area (Å²) < 4.78 is 5.73. The molecule has 7 heteroatoms. The zero-order valence-corrected chi connectivity index (χ0v) is 16.7. The summed E-state index contributed by atoms with van der Waals surface area (Å²) in [6, 6.07) is 9.90. The normalized spacial score (nSPS) is 21.8. The van der Waals surface area contributed by atoms with Crippen LogP contribution in [0.15, 0.2) is 36.5 Å². The average molecular weight is 391 g/mol. The molecule has 1 atom stereocenters. The molecular formula is C22H25N5O2. The Balaban J connectivity index is 1.51. The molecule has 2 saturated heterocycles. The quantitative estimate of drug-likeness (QED) is 0.714. The van der Waals surface area contributed by atoms with Gasteiger partial charge < -0.3 is 15.0 Å². The Morgan fingerprint density at radius 2 is 2.10 bits per heavy atom. The Morgan fingerprint density at radius 3 is 2.90 bits per heavy atom. The Bertz CT molecular complexity index is 1070. The number of benzene rings is 1. The van der Waals surface area contributed by atoms with Gasteiger partial charge in [0.2, 0.25) is 11.8 Å². The molecule has 2 aliphatic rings. The van der Waals surface area contributed by atoms with E-state index in [-0.39, 0.29) is 17.4 Å². The highest BCUT2D eigenvalue weighted by atomic mass is 16.5. The number of rotatable bonds is 4. The first-order valence-electron chi connectivity index (χ1n) is 10.2. The first-order chi connectivity index (χ1) is 14.1. The first-order valence-corrected chi connectivity index (χ1v) is 10.2. The van der Waals surface area contributed by atoms with Crippen molar-refractivity contribution in [1.82, 2.24) is 20.5 Å². The van der Waals surface area contributed by atoms with Gasteiger partial charge in [0.25, 0.3) is 0 Å². The number of H-pyrrole nitrogens is 1. The highest BCUT2D eigenvalue weighted by Crippen LogP contribution is 2.40. The van der Waals surface area contributed by atoms with E-state index in [1.54, 1.807) is 6.20 Å². The third kappa shape index (κ3) is 3.06. The minimum atomic E-state index is -0.220. The van der Waals surface area contributed by atoms with E-state index in [9.17, 15) is 4.79 Å². The summed E-state index contributed by atoms with van der Waals surface area (Å²) in [6.07, 6.45) is 3.63. The van der Waals surface area contributed by atoms with Gasteiger partial charge >= 0.3 is 0 Å². The highest BCUT2D eigenvalue weighted by molar-refractivity contribution is 6.03. The zero-order valence-electron chi connectivity index (χ0n) is 16.7. The molecule has 5 rings (SSSR count). The predicted octanol–water partition coefficient (Wildman–Crippen LogP) is 3.13. The number of aromatic amines is 1. The molecule has 0 aliphatic carbocycles. The highest BCUT2D eigenvalue weighted by Gasteiger charge is 2.48. The molecule has 0 saturated carbocycles. The van der Waals surface area contributed by atoms with E-state index in [1.807, 2.05) is 43.0 Å². The Kier molecular flexibility index (Phi) is 4.28. The molecule has 1 aromatic carbocycles. The first kappa shape index (κ1) is 18.1. The summed E-state index contributed by atoms with van der Waals surface area (Å²) in [7, 11) is 0. The Labute approximate surface area is 169 Å². The van der Waals surface area contributed by atoms with Crippen LogP contribution in [-0.2, 0) is 4.79 Å². The second kappa shape index (κ2) is 6.84. The van der Waals surface area contributed by atoms with E-state index in [1.165, 1.54) is 0 Å². The van der Waals surface area contributed by atoms with Crippen LogP contribution in [0.5, 0.6) is 5.88 Å². The Hall–Kier alpha value is -2.93. The van der Waals surface area contributed by atoms with E-state index in [2.05, 4.69) is 26.6 Å². The van der Waals surface area contributed by atoms with Crippen molar-refractivity contribution in [1.29, 1.82) is 0 Å². The molecule has 2 fully saturated rings. The number of carbonyl (C=O) groups excluding carboxylic acids is 1. The maximum absolute atomic E-state index is 13.1. The molecular weight excluding hydrogens is 366 g/mol. The van der Waals surface area contributed by atoms with Crippen LogP contribution in [0.25, 0.3) is 22.2 Å². The van der Waals surface area contributed by atoms with Crippen molar-refractivity contribution >= 4 is 22.5 Å². The number of hydrogen-bond donors (Lipinski definition) is 2. The molecule has 0 bridgehead atoms. The van der Waals surface area contributed by atoms with Crippen LogP contribution in [0.4, 0.5) is 5.69 Å². The molecule has 2 aliphatic heterocycles. The fourth-order valence-corrected chi connectivity index (χ4v) is 4.46. The summed E-state index contributed by atoms with van der Waals surface area (Å²) >= 11 is 0. The third-order valence-electron chi connectivity index (χ3n) is 5.98. The summed E-state index contributed by atoms with van der Waals surface area (Å²) in [5.74, 6) is 0.818. The Morgan fingerprint density at radius 1 is 1.21 bits per heavy atom. The molecule has 29 heavy (non-hydrogen) atoms. The molecule has 7 nitrogen and oxygen atoms in total. The summed E-state index contributed by atoms with van der Waals surface area (Å²) in [5, 5.41) is 12.0. The maximum Gasteiger partial charge on any atom is 0.234 e. The van der Waals surface area contributed by atoms with E-state index in [0.29, 0.717) is 5.88 Å². The topological polar surface area (TPSA) is 83.1 Å². The molecule has 1 spiro atoms. The predicted molar refractivity (Wildman–Crippen MR) is 112 cm³/mol. The second-order valence-electron chi connectivity index (χ2n) is 8.27. The van der Waals surface area contributed by atoms with Crippen molar-refractivity contribution in [2.75, 3.05) is 24.5 Å². The second-order valence-corrected chi connectivity index (χ2v) is 8.27. The van der Waals surface area contributed by atoms with Crippen LogP contribution in [0.2, 0.25) is 0 Å². The van der Waals surface area contributed by atoms with Crippen LogP contribution in [-0.4, -0.2) is 46.8 Å². The van der Waals surface area contributed by atoms with Crippen LogP contribution in [0, 0.1) is 5.41 Å². The van der Waals surface area contributed by atoms with Gasteiger partial charge in [-0.2, -0.15) is 5.10 Å². The lowest BCUT2D eigenvalue weighted by molar-refractivity contribution is -0.124. The van der Waals surface area contributed by atoms with Gasteiger partial charge in [0, 0.05) is 42.0 Å². The van der Waals surface area contributed by atoms with Crippen molar-refractivity contribution in [2.45, 2.75) is 32.8 Å². The van der Waals surface area contributed by atoms with E-state index < -0.39 is 0 Å². The van der Waals surface area contributed by atoms with Crippen molar-refractivity contribution in [2.24, 2.45) is 5.41 Å². The van der Waals surface area contributed by atoms with E-state index >= 15 is 0 Å². The molecule has 4 heterocycles. The third-order valence-corrected chi connectivity index (χ3v) is 5.98. The van der Waals surface area contributed by atoms with Crippen molar-refractivity contribution < 1.29 is 9.53 Å². The van der Waals surface area contributed by atoms with Gasteiger partial charge in [-0.1, -0.05) is 0 Å². The molecule has 3 aromatic rings. The van der Waals surface area contributed by atoms with E-state index in [4.69, 9.17) is 4.74 Å². The average Bonchev–Trinajstić information content (AvgIpc) is 3.42. The zero-order chi connectivity index (χ0) is 20.0. The molecule has 0 unspecified atom stereocenters. The molecule has 2 aromatic heterocycles. The van der Waals surface area contributed by atoms with Crippen LogP contribution >= 0.6 is 0 Å². The van der Waals surface area contributed by atoms with Gasteiger partial charge in [0.1, 0.15) is 5.69 Å². The van der Waals surface area contributed by atoms with Gasteiger partial charge in [-0.25, -0.2) is 4.98 Å². The van der Waals surface area contributed by atoms with Gasteiger partial charge in [0.15, 0.2) is 0 Å². The standard InChI is InChI=1S/C22H25N5O2/c1-14(2)29-19-11-15(5-8-24-19)20-17-12-16(3-4-18(17)25-26-20)27-10-7-22(21(27)28)6-9-23-13-22/h3-5,8,11-12,14,23H,6-7,9-10,13H2,1-2H3,(H,25,26)/t22-/m0/s1. The smallest absolute Gasteiger partial charge is 0.234 e. The minimum Gasteiger partial charge on any atom is -0.475 e. The number of anilines is 1. The summed E-state index contributed by atoms with van der Waals surface area (Å²) in [6.45, 7) is 6.43. The number of ether oxygens (including phenoxy) is 1. The molecule has 0 radical (unpaired) electrons. The lowest BCUT2D eigenvalue weighted by Crippen LogP contribution is -2.36. The van der Waals surface area contributed by atoms with Crippen molar-refractivity contribution in [3.63, 3.8) is 0 Å². The number of amides is 1. The maximum atomic E-state index is 13.1. The van der Waals surface area contributed by atoms with E-state index in [0.717, 1.165) is 60.3 Å². The van der Waals surface area contributed by atoms with Gasteiger partial charge in [-0.15, -0.1) is 0 Å². The number of nitrogens with zero attached hydrogens (tertiary/aromatic N) is 3. The number of hydrogen-bond acceptors (Lipinski definition) is 5. The SMILES string of the molecule is CC(C)Oc1cc(-c2n[nH]c3ccc(N4CC[C@]5(CCNC5)C4=O)cc23)ccn1. The minimum absolute atomic E-state index is 0.0545. The van der Waals surface area contributed by atoms with Gasteiger partial charge in [0.05, 0.1) is 17.0 Å². The number of nitrogens with one attached hydrogen (secondary N) is 2. The lowest BCUT2D eigenvalue weighted by Gasteiger charge is -2.22. The van der Waals surface area contributed by atoms with Crippen LogP contribution in [0.1, 0.15) is 26.7 Å². The van der Waals surface area contributed by atoms with Crippen molar-refractivity contribution in [3.05, 3.63) is 36.5 Å². The van der Waals surface area contributed by atoms with Crippen LogP contribution < -0.4 is 15.0 Å². The largest absolute Gasteiger partial charge is 0.475 e. The van der Waals surface area contributed by atoms with Crippen molar-refractivity contribution in [3.8, 4) is 17.1 Å². The molecule has 2 N–H and O–H groups in total. The monoisotopic (exact) mass is 391 g/mol. The molecule has 150 valence electrons.